The predicted octanol–water partition coefficient (Wildman–Crippen LogP) is 10.2. The van der Waals surface area contributed by atoms with Gasteiger partial charge in [-0.3, -0.25) is 0 Å². The average Bonchev–Trinajstić information content (AvgIpc) is 3.53. The Morgan fingerprint density at radius 3 is 2.28 bits per heavy atom. The summed E-state index contributed by atoms with van der Waals surface area (Å²) < 4.78 is 13.5. The molecule has 1 aromatic rings. The van der Waals surface area contributed by atoms with Gasteiger partial charge in [0.2, 0.25) is 0 Å². The third kappa shape index (κ3) is 4.61. The molecule has 6 aliphatic rings. The van der Waals surface area contributed by atoms with E-state index in [4.69, 9.17) is 16.1 Å². The minimum absolute atomic E-state index is 0.0643. The van der Waals surface area contributed by atoms with Gasteiger partial charge in [-0.25, -0.2) is 4.79 Å². The number of rotatable bonds is 7. The number of esters is 1. The van der Waals surface area contributed by atoms with Crippen molar-refractivity contribution < 1.29 is 19.4 Å². The van der Waals surface area contributed by atoms with E-state index in [-0.39, 0.29) is 22.9 Å². The lowest BCUT2D eigenvalue weighted by atomic mass is 9.40. The SMILES string of the molecule is C=C1C[C@]2(C)[C@H]3CC[C@]4(C)[C@@H]([C@H](C)CCCC(C)C)CC[C@H]4[C@@H]3CC[C@H]2[C@H](OC(=O)c2ccccc2)[C@]2(O)CC[C@@]3(C)O[C@]13C2(C)C. The van der Waals surface area contributed by atoms with E-state index >= 15 is 0 Å². The average molecular weight is 645 g/mol. The molecule has 0 radical (unpaired) electrons. The Morgan fingerprint density at radius 2 is 1.57 bits per heavy atom. The van der Waals surface area contributed by atoms with E-state index in [1.165, 1.54) is 56.9 Å². The Bertz CT molecular complexity index is 1380. The molecule has 5 aliphatic carbocycles. The highest BCUT2D eigenvalue weighted by atomic mass is 16.6. The molecule has 1 spiro atoms. The van der Waals surface area contributed by atoms with Crippen molar-refractivity contribution in [1.29, 1.82) is 0 Å². The van der Waals surface area contributed by atoms with Crippen molar-refractivity contribution in [3.8, 4) is 0 Å². The van der Waals surface area contributed by atoms with Gasteiger partial charge in [0.15, 0.2) is 0 Å². The molecule has 1 heterocycles. The van der Waals surface area contributed by atoms with Crippen LogP contribution in [-0.2, 0) is 9.47 Å². The third-order valence-corrected chi connectivity index (χ3v) is 16.3. The van der Waals surface area contributed by atoms with E-state index in [2.05, 4.69) is 55.4 Å². The van der Waals surface area contributed by atoms with Crippen molar-refractivity contribution >= 4 is 5.97 Å². The van der Waals surface area contributed by atoms with Gasteiger partial charge in [0.25, 0.3) is 0 Å². The van der Waals surface area contributed by atoms with Crippen molar-refractivity contribution in [2.45, 2.75) is 155 Å². The van der Waals surface area contributed by atoms with Crippen LogP contribution in [0.5, 0.6) is 0 Å². The molecule has 0 aromatic heterocycles. The zero-order valence-corrected chi connectivity index (χ0v) is 30.9. The van der Waals surface area contributed by atoms with E-state index in [9.17, 15) is 9.90 Å². The molecule has 260 valence electrons. The quantitative estimate of drug-likeness (QED) is 0.182. The normalized spacial score (nSPS) is 47.1. The van der Waals surface area contributed by atoms with Crippen LogP contribution in [0.15, 0.2) is 42.5 Å². The summed E-state index contributed by atoms with van der Waals surface area (Å²) in [5, 5.41) is 13.2. The standard InChI is InChI=1S/C43H64O4/c1-27(2)14-13-15-28(3)32-20-21-33-31-18-19-35-36(46-37(44)30-16-11-10-12-17-30)42(45)25-24-41(9)43(47-41,38(42,5)6)29(4)26-40(35,8)34(31)22-23-39(32,33)7/h10-12,16-17,27-28,31-36,45H,4,13-15,18-26H2,1-3,5-9H3/t28-,31+,32-,33+,34+,35+,36+,39-,40-,41-,42-,43+/m1/s1. The predicted molar refractivity (Wildman–Crippen MR) is 189 cm³/mol. The molecular formula is C43H64O4. The van der Waals surface area contributed by atoms with E-state index in [0.717, 1.165) is 42.9 Å². The van der Waals surface area contributed by atoms with Gasteiger partial charge in [0, 0.05) is 11.3 Å². The molecule has 1 saturated heterocycles. The van der Waals surface area contributed by atoms with Crippen LogP contribution in [0.4, 0.5) is 0 Å². The Balaban J connectivity index is 1.24. The van der Waals surface area contributed by atoms with Crippen LogP contribution in [-0.4, -0.2) is 34.0 Å². The first-order chi connectivity index (χ1) is 22.1. The molecular weight excluding hydrogens is 580 g/mol. The van der Waals surface area contributed by atoms with Crippen LogP contribution in [0.25, 0.3) is 0 Å². The smallest absolute Gasteiger partial charge is 0.338 e. The summed E-state index contributed by atoms with van der Waals surface area (Å²) in [5.41, 5.74) is -0.818. The van der Waals surface area contributed by atoms with E-state index < -0.39 is 22.7 Å². The topological polar surface area (TPSA) is 59.1 Å². The maximum atomic E-state index is 13.9. The van der Waals surface area contributed by atoms with Crippen molar-refractivity contribution in [2.24, 2.45) is 57.7 Å². The second kappa shape index (κ2) is 11.2. The molecule has 1 aromatic carbocycles. The summed E-state index contributed by atoms with van der Waals surface area (Å²) in [6.45, 7) is 23.8. The van der Waals surface area contributed by atoms with Crippen molar-refractivity contribution in [3.63, 3.8) is 0 Å². The minimum Gasteiger partial charge on any atom is -0.455 e. The number of hydrogen-bond donors (Lipinski definition) is 1. The maximum Gasteiger partial charge on any atom is 0.338 e. The van der Waals surface area contributed by atoms with Gasteiger partial charge in [0.05, 0.1) is 5.56 Å². The first-order valence-electron chi connectivity index (χ1n) is 19.4. The monoisotopic (exact) mass is 644 g/mol. The van der Waals surface area contributed by atoms with Gasteiger partial charge >= 0.3 is 5.97 Å². The molecule has 0 unspecified atom stereocenters. The van der Waals surface area contributed by atoms with Crippen LogP contribution in [0.3, 0.4) is 0 Å². The summed E-state index contributed by atoms with van der Waals surface area (Å²) in [6.07, 6.45) is 13.1. The van der Waals surface area contributed by atoms with E-state index in [0.29, 0.717) is 29.2 Å². The number of aliphatic hydroxyl groups is 1. The lowest BCUT2D eigenvalue weighted by Crippen LogP contribution is -2.71. The fraction of sp³-hybridized carbons (Fsp3) is 0.791. The second-order valence-electron chi connectivity index (χ2n) is 19.1. The molecule has 12 atom stereocenters. The van der Waals surface area contributed by atoms with Crippen LogP contribution in [0.2, 0.25) is 0 Å². The second-order valence-corrected chi connectivity index (χ2v) is 19.1. The number of epoxide rings is 1. The summed E-state index contributed by atoms with van der Waals surface area (Å²) in [6, 6.07) is 9.39. The summed E-state index contributed by atoms with van der Waals surface area (Å²) in [5.74, 6) is 4.09. The number of carbonyl (C=O) groups excluding carboxylic acids is 1. The van der Waals surface area contributed by atoms with Gasteiger partial charge < -0.3 is 14.6 Å². The largest absolute Gasteiger partial charge is 0.455 e. The van der Waals surface area contributed by atoms with Crippen molar-refractivity contribution in [1.82, 2.24) is 0 Å². The highest BCUT2D eigenvalue weighted by Crippen LogP contribution is 2.77. The molecule has 47 heavy (non-hydrogen) atoms. The molecule has 2 bridgehead atoms. The Morgan fingerprint density at radius 1 is 0.894 bits per heavy atom. The van der Waals surface area contributed by atoms with Crippen LogP contribution in [0, 0.1) is 57.7 Å². The van der Waals surface area contributed by atoms with Gasteiger partial charge in [-0.15, -0.1) is 0 Å². The first kappa shape index (κ1) is 33.8. The zero-order chi connectivity index (χ0) is 33.8. The highest BCUT2D eigenvalue weighted by molar-refractivity contribution is 5.89. The summed E-state index contributed by atoms with van der Waals surface area (Å²) >= 11 is 0. The molecule has 0 amide bonds. The molecule has 5 saturated carbocycles. The Hall–Kier alpha value is -1.65. The molecule has 4 nitrogen and oxygen atoms in total. The number of hydrogen-bond acceptors (Lipinski definition) is 4. The molecule has 1 aliphatic heterocycles. The van der Waals surface area contributed by atoms with Gasteiger partial charge in [-0.05, 0) is 129 Å². The van der Waals surface area contributed by atoms with E-state index in [1.807, 2.05) is 30.3 Å². The Labute approximate surface area is 285 Å². The lowest BCUT2D eigenvalue weighted by molar-refractivity contribution is -0.234. The summed E-state index contributed by atoms with van der Waals surface area (Å²) in [4.78, 5) is 13.9. The van der Waals surface area contributed by atoms with Crippen molar-refractivity contribution in [2.75, 3.05) is 0 Å². The number of fused-ring (bicyclic) bond motifs is 6. The molecule has 1 N–H and O–H groups in total. The molecule has 6 fully saturated rings. The summed E-state index contributed by atoms with van der Waals surface area (Å²) in [7, 11) is 0. The molecule has 7 rings (SSSR count). The van der Waals surface area contributed by atoms with Crippen molar-refractivity contribution in [3.05, 3.63) is 48.0 Å². The van der Waals surface area contributed by atoms with Gasteiger partial charge in [-0.1, -0.05) is 92.5 Å². The fourth-order valence-corrected chi connectivity index (χ4v) is 13.9. The van der Waals surface area contributed by atoms with Crippen LogP contribution in [0.1, 0.15) is 143 Å². The lowest BCUT2D eigenvalue weighted by Gasteiger charge is -2.65. The number of benzene rings is 1. The fourth-order valence-electron chi connectivity index (χ4n) is 13.9. The highest BCUT2D eigenvalue weighted by Gasteiger charge is 2.84. The molecule has 4 heteroatoms. The Kier molecular flexibility index (Phi) is 8.05. The maximum absolute atomic E-state index is 13.9. The van der Waals surface area contributed by atoms with Crippen LogP contribution >= 0.6 is 0 Å². The van der Waals surface area contributed by atoms with Gasteiger partial charge in [-0.2, -0.15) is 0 Å². The third-order valence-electron chi connectivity index (χ3n) is 16.3. The zero-order valence-electron chi connectivity index (χ0n) is 30.9. The van der Waals surface area contributed by atoms with E-state index in [1.54, 1.807) is 0 Å². The van der Waals surface area contributed by atoms with Gasteiger partial charge in [0.1, 0.15) is 22.9 Å². The first-order valence-corrected chi connectivity index (χ1v) is 19.4. The number of ether oxygens (including phenoxy) is 2. The van der Waals surface area contributed by atoms with Crippen LogP contribution < -0.4 is 0 Å². The minimum atomic E-state index is -1.22. The number of carbonyl (C=O) groups is 1.